The summed E-state index contributed by atoms with van der Waals surface area (Å²) in [7, 11) is 0. The van der Waals surface area contributed by atoms with E-state index in [1.807, 2.05) is 36.4 Å². The number of para-hydroxylation sites is 2. The van der Waals surface area contributed by atoms with E-state index in [1.165, 1.54) is 0 Å². The van der Waals surface area contributed by atoms with E-state index in [0.29, 0.717) is 0 Å². The molecule has 0 aliphatic carbocycles. The molecule has 3 heterocycles. The lowest BCUT2D eigenvalue weighted by Crippen LogP contribution is -1.92. The van der Waals surface area contributed by atoms with E-state index in [9.17, 15) is 0 Å². The van der Waals surface area contributed by atoms with Gasteiger partial charge >= 0.3 is 0 Å². The average Bonchev–Trinajstić information content (AvgIpc) is 3.77. The minimum absolute atomic E-state index is 0.875. The first-order valence-electron chi connectivity index (χ1n) is 16.9. The molecule has 0 N–H and O–H groups in total. The summed E-state index contributed by atoms with van der Waals surface area (Å²) in [5, 5.41) is 4.44. The van der Waals surface area contributed by atoms with Gasteiger partial charge in [0, 0.05) is 32.7 Å². The zero-order valence-corrected chi connectivity index (χ0v) is 27.0. The van der Waals surface area contributed by atoms with Gasteiger partial charge in [-0.3, -0.25) is 0 Å². The van der Waals surface area contributed by atoms with Gasteiger partial charge in [-0.2, -0.15) is 0 Å². The molecule has 0 fully saturated rings. The zero-order valence-electron chi connectivity index (χ0n) is 27.0. The number of furan rings is 2. The highest BCUT2D eigenvalue weighted by atomic mass is 16.3. The molecule has 10 rings (SSSR count). The number of fused-ring (bicyclic) bond motifs is 6. The molecule has 10 aromatic rings. The molecule has 7 aromatic carbocycles. The highest BCUT2D eigenvalue weighted by molar-refractivity contribution is 6.15. The van der Waals surface area contributed by atoms with E-state index in [4.69, 9.17) is 13.8 Å². The molecular formula is C47H29NO2. The van der Waals surface area contributed by atoms with Crippen LogP contribution in [0.15, 0.2) is 185 Å². The van der Waals surface area contributed by atoms with Crippen LogP contribution in [0.1, 0.15) is 0 Å². The summed E-state index contributed by atoms with van der Waals surface area (Å²) in [5.41, 5.74) is 14.2. The van der Waals surface area contributed by atoms with Crippen molar-refractivity contribution in [3.8, 4) is 55.9 Å². The second-order valence-electron chi connectivity index (χ2n) is 12.7. The van der Waals surface area contributed by atoms with Crippen LogP contribution in [0.3, 0.4) is 0 Å². The second kappa shape index (κ2) is 11.5. The van der Waals surface area contributed by atoms with E-state index < -0.39 is 0 Å². The van der Waals surface area contributed by atoms with Gasteiger partial charge in [0.2, 0.25) is 0 Å². The third-order valence-corrected chi connectivity index (χ3v) is 9.66. The fourth-order valence-electron chi connectivity index (χ4n) is 7.35. The SMILES string of the molecule is c1ccc(-c2cc(-c3cc(-c4cccc5oc6ccccc6c45)cc(-c4cccc5oc6ccccc6c45)c3)cc(-c3ccccc3)n2)cc1. The van der Waals surface area contributed by atoms with Crippen LogP contribution >= 0.6 is 0 Å². The van der Waals surface area contributed by atoms with Crippen LogP contribution in [0.4, 0.5) is 0 Å². The molecule has 0 bridgehead atoms. The van der Waals surface area contributed by atoms with Crippen LogP contribution in [0.25, 0.3) is 99.8 Å². The highest BCUT2D eigenvalue weighted by Gasteiger charge is 2.18. The van der Waals surface area contributed by atoms with Crippen molar-refractivity contribution in [2.75, 3.05) is 0 Å². The Bertz CT molecular complexity index is 2670. The fourth-order valence-corrected chi connectivity index (χ4v) is 7.35. The van der Waals surface area contributed by atoms with Gasteiger partial charge in [-0.1, -0.05) is 121 Å². The summed E-state index contributed by atoms with van der Waals surface area (Å²) in [4.78, 5) is 5.17. The molecule has 0 spiro atoms. The van der Waals surface area contributed by atoms with Gasteiger partial charge in [-0.15, -0.1) is 0 Å². The number of rotatable bonds is 5. The maximum Gasteiger partial charge on any atom is 0.136 e. The molecule has 50 heavy (non-hydrogen) atoms. The molecule has 0 saturated carbocycles. The maximum atomic E-state index is 6.35. The number of benzene rings is 7. The van der Waals surface area contributed by atoms with E-state index in [2.05, 4.69) is 140 Å². The summed E-state index contributed by atoms with van der Waals surface area (Å²) in [6.07, 6.45) is 0. The Morgan fingerprint density at radius 1 is 0.300 bits per heavy atom. The molecule has 3 nitrogen and oxygen atoms in total. The minimum Gasteiger partial charge on any atom is -0.456 e. The number of nitrogens with zero attached hydrogens (tertiary/aromatic N) is 1. The topological polar surface area (TPSA) is 39.2 Å². The Morgan fingerprint density at radius 3 is 1.20 bits per heavy atom. The summed E-state index contributed by atoms with van der Waals surface area (Å²) < 4.78 is 12.7. The Balaban J connectivity index is 1.28. The van der Waals surface area contributed by atoms with Crippen LogP contribution < -0.4 is 0 Å². The monoisotopic (exact) mass is 639 g/mol. The predicted molar refractivity (Wildman–Crippen MR) is 206 cm³/mol. The predicted octanol–water partition coefficient (Wildman–Crippen LogP) is 13.2. The molecule has 0 saturated heterocycles. The lowest BCUT2D eigenvalue weighted by atomic mass is 9.90. The van der Waals surface area contributed by atoms with Gasteiger partial charge in [0.05, 0.1) is 11.4 Å². The molecular weight excluding hydrogens is 611 g/mol. The largest absolute Gasteiger partial charge is 0.456 e. The molecule has 0 aliphatic heterocycles. The van der Waals surface area contributed by atoms with E-state index in [-0.39, 0.29) is 0 Å². The van der Waals surface area contributed by atoms with Gasteiger partial charge in [-0.25, -0.2) is 4.98 Å². The summed E-state index contributed by atoms with van der Waals surface area (Å²) in [6, 6.07) is 61.5. The Kier molecular flexibility index (Phi) is 6.49. The molecule has 3 heteroatoms. The van der Waals surface area contributed by atoms with Crippen molar-refractivity contribution in [2.24, 2.45) is 0 Å². The van der Waals surface area contributed by atoms with E-state index in [1.54, 1.807) is 0 Å². The van der Waals surface area contributed by atoms with Gasteiger partial charge in [-0.05, 0) is 88.0 Å². The van der Waals surface area contributed by atoms with Crippen LogP contribution in [-0.4, -0.2) is 4.98 Å². The quantitative estimate of drug-likeness (QED) is 0.188. The van der Waals surface area contributed by atoms with Gasteiger partial charge in [0.25, 0.3) is 0 Å². The smallest absolute Gasteiger partial charge is 0.136 e. The molecule has 0 unspecified atom stereocenters. The molecule has 0 aliphatic rings. The van der Waals surface area contributed by atoms with Crippen molar-refractivity contribution in [1.29, 1.82) is 0 Å². The maximum absolute atomic E-state index is 6.35. The summed E-state index contributed by atoms with van der Waals surface area (Å²) in [5.74, 6) is 0. The first kappa shape index (κ1) is 28.3. The van der Waals surface area contributed by atoms with Crippen molar-refractivity contribution in [3.63, 3.8) is 0 Å². The molecule has 0 atom stereocenters. The van der Waals surface area contributed by atoms with Crippen LogP contribution in [-0.2, 0) is 0 Å². The second-order valence-corrected chi connectivity index (χ2v) is 12.7. The van der Waals surface area contributed by atoms with Crippen molar-refractivity contribution in [3.05, 3.63) is 176 Å². The first-order chi connectivity index (χ1) is 24.8. The average molecular weight is 640 g/mol. The van der Waals surface area contributed by atoms with E-state index >= 15 is 0 Å². The Hall–Kier alpha value is -6.71. The molecule has 3 aromatic heterocycles. The summed E-state index contributed by atoms with van der Waals surface area (Å²) in [6.45, 7) is 0. The minimum atomic E-state index is 0.875. The van der Waals surface area contributed by atoms with Crippen LogP contribution in [0.5, 0.6) is 0 Å². The molecule has 0 amide bonds. The number of aromatic nitrogens is 1. The Morgan fingerprint density at radius 2 is 0.700 bits per heavy atom. The molecule has 0 radical (unpaired) electrons. The van der Waals surface area contributed by atoms with Crippen molar-refractivity contribution in [2.45, 2.75) is 0 Å². The van der Waals surface area contributed by atoms with Crippen LogP contribution in [0, 0.1) is 0 Å². The van der Waals surface area contributed by atoms with Crippen molar-refractivity contribution in [1.82, 2.24) is 4.98 Å². The normalized spacial score (nSPS) is 11.6. The van der Waals surface area contributed by atoms with Gasteiger partial charge < -0.3 is 8.83 Å². The lowest BCUT2D eigenvalue weighted by Gasteiger charge is -2.15. The Labute approximate surface area is 288 Å². The number of pyridine rings is 1. The van der Waals surface area contributed by atoms with Crippen molar-refractivity contribution < 1.29 is 8.83 Å². The van der Waals surface area contributed by atoms with Gasteiger partial charge in [0.15, 0.2) is 0 Å². The standard InChI is InChI=1S/C47H29NO2/c1-3-13-30(14-4-1)40-28-33(29-41(48-40)31-15-5-2-6-16-31)32-25-34(36-19-11-23-44-46(36)38-17-7-9-21-42(38)49-44)27-35(26-32)37-20-12-24-45-47(37)39-18-8-10-22-43(39)50-45/h1-29H. The fraction of sp³-hybridized carbons (Fsp3) is 0. The van der Waals surface area contributed by atoms with Gasteiger partial charge in [0.1, 0.15) is 22.3 Å². The summed E-state index contributed by atoms with van der Waals surface area (Å²) >= 11 is 0. The number of hydrogen-bond acceptors (Lipinski definition) is 3. The third kappa shape index (κ3) is 4.71. The molecule has 234 valence electrons. The highest BCUT2D eigenvalue weighted by Crippen LogP contribution is 2.43. The third-order valence-electron chi connectivity index (χ3n) is 9.66. The first-order valence-corrected chi connectivity index (χ1v) is 16.9. The van der Waals surface area contributed by atoms with Crippen molar-refractivity contribution >= 4 is 43.9 Å². The van der Waals surface area contributed by atoms with Crippen LogP contribution in [0.2, 0.25) is 0 Å². The number of hydrogen-bond donors (Lipinski definition) is 0. The lowest BCUT2D eigenvalue weighted by molar-refractivity contribution is 0.668. The van der Waals surface area contributed by atoms with E-state index in [0.717, 1.165) is 99.8 Å². The zero-order chi connectivity index (χ0) is 33.0.